The average Bonchev–Trinajstić information content (AvgIpc) is 2.03. The number of thioether (sulfide) groups is 1. The zero-order chi connectivity index (χ0) is 8.27. The Bertz CT molecular complexity index is 231. The van der Waals surface area contributed by atoms with E-state index in [9.17, 15) is 0 Å². The number of methoxy groups -OCH3 is 1. The van der Waals surface area contributed by atoms with Crippen molar-refractivity contribution >= 4 is 11.8 Å². The van der Waals surface area contributed by atoms with Gasteiger partial charge in [-0.1, -0.05) is 16.4 Å². The van der Waals surface area contributed by atoms with Crippen molar-refractivity contribution in [3.8, 4) is 5.88 Å². The van der Waals surface area contributed by atoms with Crippen molar-refractivity contribution in [2.75, 3.05) is 13.4 Å². The highest BCUT2D eigenvalue weighted by atomic mass is 32.2. The summed E-state index contributed by atoms with van der Waals surface area (Å²) in [6.07, 6.45) is 3.65. The molecule has 0 fully saturated rings. The quantitative estimate of drug-likeness (QED) is 0.466. The van der Waals surface area contributed by atoms with Gasteiger partial charge in [0.15, 0.2) is 7.05 Å². The topological polar surface area (TPSA) is 38.9 Å². The lowest BCUT2D eigenvalue weighted by molar-refractivity contribution is -0.735. The van der Waals surface area contributed by atoms with E-state index in [0.717, 1.165) is 0 Å². The summed E-state index contributed by atoms with van der Waals surface area (Å²) in [5, 5.41) is 4.80. The van der Waals surface area contributed by atoms with Gasteiger partial charge in [0.25, 0.3) is 17.2 Å². The SMILES string of the molecule is COc1c[n+](C)nc(SC)n1. The molecule has 0 amide bonds. The van der Waals surface area contributed by atoms with Gasteiger partial charge in [-0.05, 0) is 6.26 Å². The number of hydrogen-bond donors (Lipinski definition) is 0. The van der Waals surface area contributed by atoms with Crippen LogP contribution >= 0.6 is 11.8 Å². The molecular weight excluding hydrogens is 162 g/mol. The summed E-state index contributed by atoms with van der Waals surface area (Å²) in [6.45, 7) is 0. The zero-order valence-corrected chi connectivity index (χ0v) is 7.55. The van der Waals surface area contributed by atoms with E-state index in [2.05, 4.69) is 10.1 Å². The molecule has 0 saturated carbocycles. The molecule has 1 rings (SSSR count). The first-order valence-electron chi connectivity index (χ1n) is 3.09. The normalized spacial score (nSPS) is 9.73. The molecule has 0 atom stereocenters. The Labute approximate surface area is 69.6 Å². The summed E-state index contributed by atoms with van der Waals surface area (Å²) in [7, 11) is 3.43. The third-order valence-corrected chi connectivity index (χ3v) is 1.68. The molecule has 5 heteroatoms. The molecule has 0 aliphatic heterocycles. The van der Waals surface area contributed by atoms with Crippen LogP contribution in [0.5, 0.6) is 5.88 Å². The number of aryl methyl sites for hydroxylation is 1. The molecule has 0 aliphatic rings. The van der Waals surface area contributed by atoms with E-state index in [1.165, 1.54) is 11.8 Å². The molecule has 0 radical (unpaired) electrons. The molecule has 1 aromatic heterocycles. The molecule has 0 N–H and O–H groups in total. The Balaban J connectivity index is 3.02. The van der Waals surface area contributed by atoms with Crippen LogP contribution in [0.2, 0.25) is 0 Å². The lowest BCUT2D eigenvalue weighted by atomic mass is 10.8. The molecule has 1 aromatic rings. The predicted molar refractivity (Wildman–Crippen MR) is 41.5 cm³/mol. The highest BCUT2D eigenvalue weighted by molar-refractivity contribution is 7.98. The van der Waals surface area contributed by atoms with E-state index in [-0.39, 0.29) is 0 Å². The highest BCUT2D eigenvalue weighted by Gasteiger charge is 2.05. The number of hydrogen-bond acceptors (Lipinski definition) is 4. The standard InChI is InChI=1S/C6H10N3OS/c1-9-4-5(10-2)7-6(8-9)11-3/h4H,1-3H3/q+1. The Kier molecular flexibility index (Phi) is 2.64. The molecule has 0 aliphatic carbocycles. The minimum absolute atomic E-state index is 0.590. The van der Waals surface area contributed by atoms with Gasteiger partial charge in [0.1, 0.15) is 0 Å². The maximum atomic E-state index is 4.95. The third-order valence-electron chi connectivity index (χ3n) is 1.14. The molecule has 0 bridgehead atoms. The molecule has 0 saturated heterocycles. The summed E-state index contributed by atoms with van der Waals surface area (Å²) in [4.78, 5) is 4.08. The van der Waals surface area contributed by atoms with Crippen LogP contribution < -0.4 is 9.42 Å². The first kappa shape index (κ1) is 8.26. The Morgan fingerprint density at radius 2 is 2.36 bits per heavy atom. The largest absolute Gasteiger partial charge is 0.477 e. The van der Waals surface area contributed by atoms with Gasteiger partial charge < -0.3 is 4.74 Å². The van der Waals surface area contributed by atoms with Crippen LogP contribution in [-0.2, 0) is 7.05 Å². The van der Waals surface area contributed by atoms with Crippen molar-refractivity contribution in [2.24, 2.45) is 7.05 Å². The molecule has 0 aromatic carbocycles. The van der Waals surface area contributed by atoms with Crippen LogP contribution in [0.3, 0.4) is 0 Å². The summed E-state index contributed by atoms with van der Waals surface area (Å²) in [6, 6.07) is 0. The Hall–Kier alpha value is -0.840. The van der Waals surface area contributed by atoms with Crippen molar-refractivity contribution < 1.29 is 9.42 Å². The number of aromatic nitrogens is 3. The minimum atomic E-state index is 0.590. The average molecular weight is 172 g/mol. The van der Waals surface area contributed by atoms with Crippen LogP contribution in [0.15, 0.2) is 11.4 Å². The highest BCUT2D eigenvalue weighted by Crippen LogP contribution is 2.08. The van der Waals surface area contributed by atoms with E-state index in [0.29, 0.717) is 11.0 Å². The lowest BCUT2D eigenvalue weighted by Crippen LogP contribution is -2.33. The first-order chi connectivity index (χ1) is 5.26. The Morgan fingerprint density at radius 1 is 1.64 bits per heavy atom. The van der Waals surface area contributed by atoms with E-state index in [1.54, 1.807) is 18.0 Å². The van der Waals surface area contributed by atoms with Crippen LogP contribution in [0.4, 0.5) is 0 Å². The fourth-order valence-electron chi connectivity index (χ4n) is 0.654. The lowest BCUT2D eigenvalue weighted by Gasteiger charge is -1.95. The maximum absolute atomic E-state index is 4.95. The van der Waals surface area contributed by atoms with Crippen LogP contribution in [0, 0.1) is 0 Å². The minimum Gasteiger partial charge on any atom is -0.477 e. The van der Waals surface area contributed by atoms with E-state index < -0.39 is 0 Å². The smallest absolute Gasteiger partial charge is 0.284 e. The second-order valence-corrected chi connectivity index (χ2v) is 2.72. The van der Waals surface area contributed by atoms with Gasteiger partial charge in [-0.25, -0.2) is 0 Å². The number of nitrogens with zero attached hydrogens (tertiary/aromatic N) is 3. The number of ether oxygens (including phenoxy) is 1. The predicted octanol–water partition coefficient (Wildman–Crippen LogP) is 0.0316. The Morgan fingerprint density at radius 3 is 2.91 bits per heavy atom. The molecule has 1 heterocycles. The third kappa shape index (κ3) is 2.04. The van der Waals surface area contributed by atoms with Gasteiger partial charge in [0.05, 0.1) is 7.11 Å². The van der Waals surface area contributed by atoms with Crippen molar-refractivity contribution in [3.63, 3.8) is 0 Å². The fraction of sp³-hybridized carbons (Fsp3) is 0.500. The number of rotatable bonds is 2. The van der Waals surface area contributed by atoms with Gasteiger partial charge >= 0.3 is 0 Å². The van der Waals surface area contributed by atoms with Gasteiger partial charge in [-0.2, -0.15) is 4.98 Å². The second-order valence-electron chi connectivity index (χ2n) is 1.94. The van der Waals surface area contributed by atoms with Crippen LogP contribution in [0.25, 0.3) is 0 Å². The van der Waals surface area contributed by atoms with E-state index >= 15 is 0 Å². The maximum Gasteiger partial charge on any atom is 0.284 e. The van der Waals surface area contributed by atoms with Crippen LogP contribution in [-0.4, -0.2) is 23.4 Å². The summed E-state index contributed by atoms with van der Waals surface area (Å²) >= 11 is 1.49. The first-order valence-corrected chi connectivity index (χ1v) is 4.31. The van der Waals surface area contributed by atoms with Gasteiger partial charge in [0, 0.05) is 5.10 Å². The van der Waals surface area contributed by atoms with Crippen molar-refractivity contribution in [1.29, 1.82) is 0 Å². The second kappa shape index (κ2) is 3.52. The summed E-state index contributed by atoms with van der Waals surface area (Å²) in [5.41, 5.74) is 0. The van der Waals surface area contributed by atoms with E-state index in [4.69, 9.17) is 4.74 Å². The molecule has 60 valence electrons. The van der Waals surface area contributed by atoms with Crippen molar-refractivity contribution in [1.82, 2.24) is 10.1 Å². The fourth-order valence-corrected chi connectivity index (χ4v) is 1.05. The van der Waals surface area contributed by atoms with Crippen molar-refractivity contribution in [2.45, 2.75) is 5.16 Å². The molecule has 11 heavy (non-hydrogen) atoms. The molecule has 0 unspecified atom stereocenters. The summed E-state index contributed by atoms with van der Waals surface area (Å²) in [5.74, 6) is 0.590. The monoisotopic (exact) mass is 172 g/mol. The van der Waals surface area contributed by atoms with E-state index in [1.807, 2.05) is 13.3 Å². The molecular formula is C6H10N3OS+. The zero-order valence-electron chi connectivity index (χ0n) is 6.74. The van der Waals surface area contributed by atoms with Crippen LogP contribution in [0.1, 0.15) is 0 Å². The van der Waals surface area contributed by atoms with Gasteiger partial charge in [-0.3, -0.25) is 0 Å². The van der Waals surface area contributed by atoms with Gasteiger partial charge in [-0.15, -0.1) is 0 Å². The van der Waals surface area contributed by atoms with Gasteiger partial charge in [0.2, 0.25) is 0 Å². The van der Waals surface area contributed by atoms with Crippen molar-refractivity contribution in [3.05, 3.63) is 6.20 Å². The molecule has 4 nitrogen and oxygen atoms in total. The summed E-state index contributed by atoms with van der Waals surface area (Å²) < 4.78 is 6.63. The molecule has 0 spiro atoms.